The summed E-state index contributed by atoms with van der Waals surface area (Å²) in [6, 6.07) is 32.0. The predicted molar refractivity (Wildman–Crippen MR) is 124 cm³/mol. The lowest BCUT2D eigenvalue weighted by Crippen LogP contribution is -2.39. The second-order valence-electron chi connectivity index (χ2n) is 7.07. The molecule has 0 fully saturated rings. The second kappa shape index (κ2) is 10.5. The van der Waals surface area contributed by atoms with Gasteiger partial charge in [-0.3, -0.25) is 0 Å². The van der Waals surface area contributed by atoms with Crippen molar-refractivity contribution < 1.29 is 21.9 Å². The van der Waals surface area contributed by atoms with Gasteiger partial charge in [0.05, 0.1) is 7.05 Å². The molecule has 3 aromatic carbocycles. The minimum atomic E-state index is -6.00. The summed E-state index contributed by atoms with van der Waals surface area (Å²) in [7, 11) is -1.72. The van der Waals surface area contributed by atoms with Gasteiger partial charge in [-0.15, -0.1) is 16.4 Å². The fraction of sp³-hybridized carbons (Fsp3) is 0.125. The molecule has 0 saturated heterocycles. The van der Waals surface area contributed by atoms with E-state index in [0.717, 1.165) is 5.75 Å². The molecule has 0 unspecified atom stereocenters. The first-order chi connectivity index (χ1) is 15.3. The molecule has 0 aliphatic heterocycles. The monoisotopic (exact) mass is 458 g/mol. The number of benzene rings is 3. The molecule has 2 nitrogen and oxygen atoms in total. The Balaban J connectivity index is 0.000000523. The Bertz CT molecular complexity index is 1060. The van der Waals surface area contributed by atoms with Gasteiger partial charge in [-0.2, -0.15) is 4.68 Å². The molecule has 0 bridgehead atoms. The van der Waals surface area contributed by atoms with Crippen LogP contribution in [0.25, 0.3) is 22.5 Å². The molecule has 1 heterocycles. The van der Waals surface area contributed by atoms with E-state index in [9.17, 15) is 17.3 Å². The van der Waals surface area contributed by atoms with Crippen LogP contribution in [0.4, 0.5) is 17.3 Å². The first-order valence-corrected chi connectivity index (χ1v) is 11.0. The number of halogens is 4. The molecule has 1 aromatic heterocycles. The molecule has 166 valence electrons. The van der Waals surface area contributed by atoms with Crippen molar-refractivity contribution in [2.24, 2.45) is 14.1 Å². The van der Waals surface area contributed by atoms with Crippen molar-refractivity contribution in [3.8, 4) is 22.5 Å². The summed E-state index contributed by atoms with van der Waals surface area (Å²) in [5.74, 6) is 0.949. The van der Waals surface area contributed by atoms with E-state index in [1.165, 1.54) is 33.0 Å². The third-order valence-electron chi connectivity index (χ3n) is 4.85. The van der Waals surface area contributed by atoms with E-state index in [4.69, 9.17) is 0 Å². The molecule has 32 heavy (non-hydrogen) atoms. The van der Waals surface area contributed by atoms with Gasteiger partial charge in [0.15, 0.2) is 7.05 Å². The standard InChI is InChI=1S/C24H23N2S.BF4/c1-25-22(20-14-8-4-9-15-20)24(27-18-19-12-6-3-7-13-19)23(26(25)2)21-16-10-5-11-17-21;2-1(3,4)5/h3-17H,18H2,1-2H3;/q+1;-1. The van der Waals surface area contributed by atoms with Gasteiger partial charge in [0, 0.05) is 16.9 Å². The van der Waals surface area contributed by atoms with Gasteiger partial charge in [0.2, 0.25) is 0 Å². The number of thioether (sulfide) groups is 1. The lowest BCUT2D eigenvalue weighted by Gasteiger charge is -2.05. The maximum absolute atomic E-state index is 9.75. The quantitative estimate of drug-likeness (QED) is 0.139. The van der Waals surface area contributed by atoms with Crippen LogP contribution in [0, 0.1) is 0 Å². The Hall–Kier alpha value is -3.00. The van der Waals surface area contributed by atoms with E-state index in [1.54, 1.807) is 0 Å². The molecule has 0 atom stereocenters. The van der Waals surface area contributed by atoms with Crippen molar-refractivity contribution in [1.82, 2.24) is 4.68 Å². The summed E-state index contributed by atoms with van der Waals surface area (Å²) in [5.41, 5.74) is 6.35. The summed E-state index contributed by atoms with van der Waals surface area (Å²) < 4.78 is 43.5. The minimum Gasteiger partial charge on any atom is -0.418 e. The number of aromatic nitrogens is 2. The molecule has 0 aliphatic rings. The molecular weight excluding hydrogens is 435 g/mol. The minimum absolute atomic E-state index is 0.949. The smallest absolute Gasteiger partial charge is 0.418 e. The van der Waals surface area contributed by atoms with Gasteiger partial charge in [0.25, 0.3) is 5.69 Å². The highest BCUT2D eigenvalue weighted by Crippen LogP contribution is 2.39. The molecule has 0 saturated carbocycles. The lowest BCUT2D eigenvalue weighted by molar-refractivity contribution is -0.741. The van der Waals surface area contributed by atoms with E-state index >= 15 is 0 Å². The Morgan fingerprint density at radius 3 is 1.69 bits per heavy atom. The summed E-state index contributed by atoms with van der Waals surface area (Å²) in [6.45, 7) is 0. The third kappa shape index (κ3) is 6.26. The second-order valence-corrected chi connectivity index (χ2v) is 8.06. The average molecular weight is 458 g/mol. The number of nitrogens with zero attached hydrogens (tertiary/aromatic N) is 2. The zero-order valence-electron chi connectivity index (χ0n) is 17.8. The zero-order chi connectivity index (χ0) is 23.1. The van der Waals surface area contributed by atoms with E-state index < -0.39 is 7.25 Å². The molecule has 0 N–H and O–H groups in total. The van der Waals surface area contributed by atoms with Crippen molar-refractivity contribution in [3.05, 3.63) is 96.6 Å². The summed E-state index contributed by atoms with van der Waals surface area (Å²) >= 11 is 1.91. The summed E-state index contributed by atoms with van der Waals surface area (Å²) in [4.78, 5) is 1.32. The average Bonchev–Trinajstić information content (AvgIpc) is 3.03. The molecule has 4 aromatic rings. The van der Waals surface area contributed by atoms with Crippen molar-refractivity contribution in [3.63, 3.8) is 0 Å². The fourth-order valence-corrected chi connectivity index (χ4v) is 4.68. The number of rotatable bonds is 5. The van der Waals surface area contributed by atoms with Crippen LogP contribution < -0.4 is 4.68 Å². The van der Waals surface area contributed by atoms with Gasteiger partial charge >= 0.3 is 7.25 Å². The molecule has 8 heteroatoms. The largest absolute Gasteiger partial charge is 0.673 e. The van der Waals surface area contributed by atoms with Crippen molar-refractivity contribution in [2.75, 3.05) is 0 Å². The van der Waals surface area contributed by atoms with E-state index in [2.05, 4.69) is 114 Å². The Morgan fingerprint density at radius 1 is 0.750 bits per heavy atom. The van der Waals surface area contributed by atoms with Crippen LogP contribution in [-0.2, 0) is 19.8 Å². The van der Waals surface area contributed by atoms with Gasteiger partial charge < -0.3 is 17.3 Å². The Morgan fingerprint density at radius 2 is 1.19 bits per heavy atom. The first kappa shape index (κ1) is 23.7. The van der Waals surface area contributed by atoms with Gasteiger partial charge in [0.1, 0.15) is 10.6 Å². The maximum Gasteiger partial charge on any atom is 0.673 e. The zero-order valence-corrected chi connectivity index (χ0v) is 18.6. The highest BCUT2D eigenvalue weighted by atomic mass is 32.2. The first-order valence-electron chi connectivity index (χ1n) is 9.99. The molecule has 0 radical (unpaired) electrons. The molecule has 0 amide bonds. The van der Waals surface area contributed by atoms with E-state index in [0.29, 0.717) is 0 Å². The highest BCUT2D eigenvalue weighted by Gasteiger charge is 2.28. The van der Waals surface area contributed by atoms with E-state index in [-0.39, 0.29) is 0 Å². The topological polar surface area (TPSA) is 8.81 Å². The molecule has 4 rings (SSSR count). The number of hydrogen-bond acceptors (Lipinski definition) is 1. The van der Waals surface area contributed by atoms with E-state index in [1.807, 2.05) is 11.8 Å². The van der Waals surface area contributed by atoms with Crippen LogP contribution >= 0.6 is 11.8 Å². The van der Waals surface area contributed by atoms with Gasteiger partial charge in [-0.25, -0.2) is 0 Å². The third-order valence-corrected chi connectivity index (χ3v) is 6.00. The molecular formula is C24H23BF4N2S. The van der Waals surface area contributed by atoms with Crippen LogP contribution in [-0.4, -0.2) is 11.9 Å². The maximum atomic E-state index is 9.75. The highest BCUT2D eigenvalue weighted by molar-refractivity contribution is 7.98. The fourth-order valence-electron chi connectivity index (χ4n) is 3.40. The summed E-state index contributed by atoms with van der Waals surface area (Å²) in [5, 5.41) is 0. The lowest BCUT2D eigenvalue weighted by atomic mass is 10.1. The van der Waals surface area contributed by atoms with Crippen LogP contribution in [0.1, 0.15) is 5.56 Å². The van der Waals surface area contributed by atoms with Crippen LogP contribution in [0.15, 0.2) is 95.9 Å². The Labute approximate surface area is 189 Å². The predicted octanol–water partition coefficient (Wildman–Crippen LogP) is 6.78. The molecule has 0 aliphatic carbocycles. The normalized spacial score (nSPS) is 11.1. The van der Waals surface area contributed by atoms with Gasteiger partial charge in [-0.05, 0) is 17.7 Å². The SMILES string of the molecule is Cn1c(-c2ccccc2)c(SCc2ccccc2)c(-c2ccccc2)[n+]1C.F[B-](F)(F)F. The molecule has 0 spiro atoms. The van der Waals surface area contributed by atoms with Gasteiger partial charge in [-0.1, -0.05) is 78.9 Å². The van der Waals surface area contributed by atoms with Crippen molar-refractivity contribution >= 4 is 19.0 Å². The van der Waals surface area contributed by atoms with Crippen LogP contribution in [0.3, 0.4) is 0 Å². The van der Waals surface area contributed by atoms with Crippen LogP contribution in [0.5, 0.6) is 0 Å². The number of hydrogen-bond donors (Lipinski definition) is 0. The van der Waals surface area contributed by atoms with Crippen molar-refractivity contribution in [2.45, 2.75) is 10.6 Å². The van der Waals surface area contributed by atoms with Crippen LogP contribution in [0.2, 0.25) is 0 Å². The Kier molecular flexibility index (Phi) is 7.80. The summed E-state index contributed by atoms with van der Waals surface area (Å²) in [6.07, 6.45) is 0. The van der Waals surface area contributed by atoms with Crippen molar-refractivity contribution in [1.29, 1.82) is 0 Å².